The molecule has 0 radical (unpaired) electrons. The van der Waals surface area contributed by atoms with Crippen molar-refractivity contribution < 1.29 is 0 Å². The fourth-order valence-electron chi connectivity index (χ4n) is 1.85. The largest absolute Gasteiger partial charge is 0.236 e. The van der Waals surface area contributed by atoms with E-state index in [0.717, 1.165) is 26.3 Å². The molecule has 96 valence electrons. The second-order valence-corrected chi connectivity index (χ2v) is 6.01. The zero-order chi connectivity index (χ0) is 13.9. The molecule has 0 saturated carbocycles. The molecule has 0 spiro atoms. The third kappa shape index (κ3) is 2.64. The Kier molecular flexibility index (Phi) is 3.64. The number of aromatic nitrogens is 1. The van der Waals surface area contributed by atoms with E-state index >= 15 is 0 Å². The smallest absolute Gasteiger partial charge is 0.124 e. The Morgan fingerprint density at radius 1 is 0.950 bits per heavy atom. The molecular weight excluding hydrogens is 332 g/mol. The number of hydrogen-bond acceptors (Lipinski definition) is 3. The first-order valence-electron chi connectivity index (χ1n) is 5.98. The van der Waals surface area contributed by atoms with Crippen molar-refractivity contribution in [2.75, 3.05) is 0 Å². The first kappa shape index (κ1) is 13.0. The molecule has 1 aromatic heterocycles. The lowest BCUT2D eigenvalue weighted by atomic mass is 10.1. The third-order valence-electron chi connectivity index (χ3n) is 2.91. The van der Waals surface area contributed by atoms with Gasteiger partial charge in [0.05, 0.1) is 17.3 Å². The van der Waals surface area contributed by atoms with Gasteiger partial charge in [-0.2, -0.15) is 5.26 Å². The van der Waals surface area contributed by atoms with Crippen molar-refractivity contribution in [3.8, 4) is 27.9 Å². The summed E-state index contributed by atoms with van der Waals surface area (Å²) in [5.74, 6) is 0. The van der Waals surface area contributed by atoms with E-state index in [2.05, 4.69) is 27.0 Å². The second kappa shape index (κ2) is 5.58. The van der Waals surface area contributed by atoms with Crippen LogP contribution in [0.2, 0.25) is 0 Å². The van der Waals surface area contributed by atoms with E-state index in [1.807, 2.05) is 53.9 Å². The zero-order valence-electron chi connectivity index (χ0n) is 10.4. The highest BCUT2D eigenvalue weighted by molar-refractivity contribution is 9.10. The Labute approximate surface area is 129 Å². The first-order chi connectivity index (χ1) is 9.76. The lowest BCUT2D eigenvalue weighted by Gasteiger charge is -1.97. The zero-order valence-corrected chi connectivity index (χ0v) is 12.8. The standard InChI is InChI=1S/C16H9BrN2S/c17-14-7-5-13(6-8-14)16-19-15(10-20-16)12-3-1-11(9-18)2-4-12/h1-8,10H. The minimum absolute atomic E-state index is 0.664. The van der Waals surface area contributed by atoms with Crippen LogP contribution in [-0.4, -0.2) is 4.98 Å². The molecule has 2 aromatic carbocycles. The molecule has 20 heavy (non-hydrogen) atoms. The van der Waals surface area contributed by atoms with Gasteiger partial charge in [-0.1, -0.05) is 40.2 Å². The van der Waals surface area contributed by atoms with Crippen LogP contribution in [0.5, 0.6) is 0 Å². The van der Waals surface area contributed by atoms with Crippen molar-refractivity contribution in [2.24, 2.45) is 0 Å². The van der Waals surface area contributed by atoms with Crippen LogP contribution in [0.1, 0.15) is 5.56 Å². The van der Waals surface area contributed by atoms with E-state index in [-0.39, 0.29) is 0 Å². The van der Waals surface area contributed by atoms with Crippen LogP contribution >= 0.6 is 27.3 Å². The van der Waals surface area contributed by atoms with Crippen LogP contribution < -0.4 is 0 Å². The van der Waals surface area contributed by atoms with Gasteiger partial charge in [-0.05, 0) is 24.3 Å². The molecule has 0 aliphatic rings. The van der Waals surface area contributed by atoms with Crippen molar-refractivity contribution in [1.29, 1.82) is 5.26 Å². The molecule has 0 unspecified atom stereocenters. The van der Waals surface area contributed by atoms with Crippen molar-refractivity contribution in [1.82, 2.24) is 4.98 Å². The molecule has 0 bridgehead atoms. The fraction of sp³-hybridized carbons (Fsp3) is 0. The van der Waals surface area contributed by atoms with Gasteiger partial charge in [0.25, 0.3) is 0 Å². The SMILES string of the molecule is N#Cc1ccc(-c2csc(-c3ccc(Br)cc3)n2)cc1. The van der Waals surface area contributed by atoms with E-state index < -0.39 is 0 Å². The van der Waals surface area contributed by atoms with Crippen LogP contribution in [0.4, 0.5) is 0 Å². The Balaban J connectivity index is 1.93. The van der Waals surface area contributed by atoms with Gasteiger partial charge in [-0.3, -0.25) is 0 Å². The summed E-state index contributed by atoms with van der Waals surface area (Å²) in [4.78, 5) is 4.66. The summed E-state index contributed by atoms with van der Waals surface area (Å²) >= 11 is 5.05. The fourth-order valence-corrected chi connectivity index (χ4v) is 2.95. The molecule has 0 amide bonds. The minimum Gasteiger partial charge on any atom is -0.236 e. The van der Waals surface area contributed by atoms with Gasteiger partial charge < -0.3 is 0 Å². The molecule has 3 aromatic rings. The molecule has 0 fully saturated rings. The summed E-state index contributed by atoms with van der Waals surface area (Å²) in [6.45, 7) is 0. The molecule has 0 aliphatic carbocycles. The van der Waals surface area contributed by atoms with Crippen molar-refractivity contribution in [3.05, 3.63) is 63.9 Å². The number of halogens is 1. The van der Waals surface area contributed by atoms with Crippen molar-refractivity contribution >= 4 is 27.3 Å². The molecule has 0 aliphatic heterocycles. The van der Waals surface area contributed by atoms with Gasteiger partial charge in [-0.25, -0.2) is 4.98 Å². The quantitative estimate of drug-likeness (QED) is 0.649. The molecule has 0 N–H and O–H groups in total. The number of thiazole rings is 1. The number of nitriles is 1. The van der Waals surface area contributed by atoms with E-state index in [1.54, 1.807) is 11.3 Å². The van der Waals surface area contributed by atoms with E-state index in [9.17, 15) is 0 Å². The van der Waals surface area contributed by atoms with Crippen LogP contribution in [0.25, 0.3) is 21.8 Å². The van der Waals surface area contributed by atoms with Gasteiger partial charge in [0.15, 0.2) is 0 Å². The average molecular weight is 341 g/mol. The lowest BCUT2D eigenvalue weighted by molar-refractivity contribution is 1.39. The van der Waals surface area contributed by atoms with E-state index in [1.165, 1.54) is 0 Å². The summed E-state index contributed by atoms with van der Waals surface area (Å²) in [5, 5.41) is 11.8. The van der Waals surface area contributed by atoms with Gasteiger partial charge >= 0.3 is 0 Å². The Hall–Kier alpha value is -1.96. The predicted octanol–water partition coefficient (Wildman–Crippen LogP) is 5.11. The van der Waals surface area contributed by atoms with E-state index in [4.69, 9.17) is 5.26 Å². The topological polar surface area (TPSA) is 36.7 Å². The summed E-state index contributed by atoms with van der Waals surface area (Å²) in [6.07, 6.45) is 0. The second-order valence-electron chi connectivity index (χ2n) is 4.23. The lowest BCUT2D eigenvalue weighted by Crippen LogP contribution is -1.80. The Morgan fingerprint density at radius 3 is 2.25 bits per heavy atom. The maximum Gasteiger partial charge on any atom is 0.124 e. The number of benzene rings is 2. The van der Waals surface area contributed by atoms with Gasteiger partial charge in [-0.15, -0.1) is 11.3 Å². The van der Waals surface area contributed by atoms with Crippen molar-refractivity contribution in [3.63, 3.8) is 0 Å². The highest BCUT2D eigenvalue weighted by Crippen LogP contribution is 2.29. The minimum atomic E-state index is 0.664. The summed E-state index contributed by atoms with van der Waals surface area (Å²) in [5.41, 5.74) is 3.75. The molecule has 4 heteroatoms. The molecule has 1 heterocycles. The van der Waals surface area contributed by atoms with Gasteiger partial charge in [0.1, 0.15) is 5.01 Å². The van der Waals surface area contributed by atoms with E-state index in [0.29, 0.717) is 5.56 Å². The summed E-state index contributed by atoms with van der Waals surface area (Å²) < 4.78 is 1.06. The van der Waals surface area contributed by atoms with Crippen LogP contribution in [0.3, 0.4) is 0 Å². The molecule has 0 saturated heterocycles. The summed E-state index contributed by atoms with van der Waals surface area (Å²) in [7, 11) is 0. The van der Waals surface area contributed by atoms with Crippen LogP contribution in [0.15, 0.2) is 58.4 Å². The first-order valence-corrected chi connectivity index (χ1v) is 7.65. The maximum absolute atomic E-state index is 8.81. The number of nitrogens with zero attached hydrogens (tertiary/aromatic N) is 2. The average Bonchev–Trinajstić information content (AvgIpc) is 2.98. The molecule has 0 atom stereocenters. The Bertz CT molecular complexity index is 767. The van der Waals surface area contributed by atoms with Gasteiger partial charge in [0.2, 0.25) is 0 Å². The normalized spacial score (nSPS) is 10.2. The van der Waals surface area contributed by atoms with Crippen LogP contribution in [-0.2, 0) is 0 Å². The number of hydrogen-bond donors (Lipinski definition) is 0. The monoisotopic (exact) mass is 340 g/mol. The Morgan fingerprint density at radius 2 is 1.60 bits per heavy atom. The molecular formula is C16H9BrN2S. The maximum atomic E-state index is 8.81. The number of rotatable bonds is 2. The summed E-state index contributed by atoms with van der Waals surface area (Å²) in [6, 6.07) is 17.7. The molecule has 3 rings (SSSR count). The third-order valence-corrected chi connectivity index (χ3v) is 4.33. The highest BCUT2D eigenvalue weighted by atomic mass is 79.9. The predicted molar refractivity (Wildman–Crippen MR) is 85.4 cm³/mol. The van der Waals surface area contributed by atoms with Crippen molar-refractivity contribution in [2.45, 2.75) is 0 Å². The van der Waals surface area contributed by atoms with Gasteiger partial charge in [0, 0.05) is 21.0 Å². The highest BCUT2D eigenvalue weighted by Gasteiger charge is 2.06. The molecule has 2 nitrogen and oxygen atoms in total. The van der Waals surface area contributed by atoms with Crippen LogP contribution in [0, 0.1) is 11.3 Å².